The van der Waals surface area contributed by atoms with Crippen molar-refractivity contribution in [2.24, 2.45) is 12.8 Å². The lowest BCUT2D eigenvalue weighted by molar-refractivity contribution is 0.621. The first-order valence-corrected chi connectivity index (χ1v) is 7.27. The molecule has 0 spiro atoms. The summed E-state index contributed by atoms with van der Waals surface area (Å²) in [6.45, 7) is 3.77. The van der Waals surface area contributed by atoms with E-state index in [-0.39, 0.29) is 11.6 Å². The topological polar surface area (TPSA) is 73.8 Å². The minimum atomic E-state index is -0.438. The van der Waals surface area contributed by atoms with E-state index in [1.165, 1.54) is 16.7 Å². The Kier molecular flexibility index (Phi) is 3.69. The van der Waals surface area contributed by atoms with E-state index in [0.717, 1.165) is 17.3 Å². The molecule has 3 rings (SSSR count). The number of benzene rings is 1. The fourth-order valence-corrected chi connectivity index (χ4v) is 2.64. The van der Waals surface area contributed by atoms with Crippen LogP contribution in [0.5, 0.6) is 0 Å². The van der Waals surface area contributed by atoms with Gasteiger partial charge in [-0.2, -0.15) is 0 Å². The minimum absolute atomic E-state index is 0.179. The van der Waals surface area contributed by atoms with Crippen LogP contribution in [-0.2, 0) is 7.05 Å². The quantitative estimate of drug-likeness (QED) is 0.789. The van der Waals surface area contributed by atoms with Crippen LogP contribution in [0.2, 0.25) is 0 Å². The maximum absolute atomic E-state index is 13.1. The van der Waals surface area contributed by atoms with Gasteiger partial charge < -0.3 is 5.73 Å². The number of aryl methyl sites for hydroxylation is 1. The molecular formula is C17H17FN4O. The summed E-state index contributed by atoms with van der Waals surface area (Å²) in [5.74, 6) is -0.0558. The van der Waals surface area contributed by atoms with Gasteiger partial charge in [0.25, 0.3) is 5.56 Å². The molecular weight excluding hydrogens is 295 g/mol. The van der Waals surface area contributed by atoms with Crippen molar-refractivity contribution < 1.29 is 4.39 Å². The van der Waals surface area contributed by atoms with Gasteiger partial charge >= 0.3 is 0 Å². The summed E-state index contributed by atoms with van der Waals surface area (Å²) >= 11 is 0. The molecule has 6 heteroatoms. The highest BCUT2D eigenvalue weighted by Crippen LogP contribution is 2.24. The summed E-state index contributed by atoms with van der Waals surface area (Å²) < 4.78 is 14.5. The third-order valence-electron chi connectivity index (χ3n) is 3.80. The van der Waals surface area contributed by atoms with E-state index >= 15 is 0 Å². The molecule has 1 unspecified atom stereocenters. The smallest absolute Gasteiger partial charge is 0.261 e. The second-order valence-electron chi connectivity index (χ2n) is 5.70. The second-order valence-corrected chi connectivity index (χ2v) is 5.70. The Morgan fingerprint density at radius 3 is 2.65 bits per heavy atom. The van der Waals surface area contributed by atoms with Crippen LogP contribution in [0.1, 0.15) is 24.1 Å². The van der Waals surface area contributed by atoms with Crippen molar-refractivity contribution in [2.75, 3.05) is 0 Å². The summed E-state index contributed by atoms with van der Waals surface area (Å²) in [6, 6.07) is 6.27. The third-order valence-corrected chi connectivity index (χ3v) is 3.80. The molecule has 0 aliphatic heterocycles. The second kappa shape index (κ2) is 5.55. The molecule has 2 heterocycles. The molecule has 0 saturated carbocycles. The number of hydrogen-bond donors (Lipinski definition) is 1. The number of rotatable bonds is 2. The van der Waals surface area contributed by atoms with Gasteiger partial charge in [0.1, 0.15) is 11.5 Å². The van der Waals surface area contributed by atoms with Crippen LogP contribution in [0.4, 0.5) is 4.39 Å². The minimum Gasteiger partial charge on any atom is -0.324 e. The zero-order chi connectivity index (χ0) is 16.7. The summed E-state index contributed by atoms with van der Waals surface area (Å²) in [4.78, 5) is 21.3. The van der Waals surface area contributed by atoms with Crippen LogP contribution in [0.25, 0.3) is 22.4 Å². The lowest BCUT2D eigenvalue weighted by Crippen LogP contribution is -2.22. The van der Waals surface area contributed by atoms with E-state index in [4.69, 9.17) is 5.73 Å². The largest absolute Gasteiger partial charge is 0.324 e. The van der Waals surface area contributed by atoms with Crippen molar-refractivity contribution in [1.82, 2.24) is 14.5 Å². The predicted molar refractivity (Wildman–Crippen MR) is 87.5 cm³/mol. The summed E-state index contributed by atoms with van der Waals surface area (Å²) in [5.41, 5.74) is 8.61. The van der Waals surface area contributed by atoms with Crippen molar-refractivity contribution in [3.8, 4) is 11.5 Å². The molecule has 0 saturated heterocycles. The van der Waals surface area contributed by atoms with Gasteiger partial charge in [-0.25, -0.2) is 14.4 Å². The number of halogens is 1. The summed E-state index contributed by atoms with van der Waals surface area (Å²) in [5, 5.41) is 0.519. The molecule has 0 aliphatic carbocycles. The Bertz CT molecular complexity index is 945. The lowest BCUT2D eigenvalue weighted by atomic mass is 10.0. The van der Waals surface area contributed by atoms with Gasteiger partial charge in [0.2, 0.25) is 0 Å². The average molecular weight is 312 g/mol. The molecule has 118 valence electrons. The number of nitrogens with two attached hydrogens (primary N) is 1. The Hall–Kier alpha value is -2.60. The maximum Gasteiger partial charge on any atom is 0.261 e. The fraction of sp³-hybridized carbons (Fsp3) is 0.235. The summed E-state index contributed by atoms with van der Waals surface area (Å²) in [7, 11) is 1.63. The molecule has 3 aromatic rings. The SMILES string of the molecule is Cc1cc(C(C)N)c2nc(-c3ccc(F)cn3)n(C)c(=O)c2c1. The Morgan fingerprint density at radius 2 is 2.04 bits per heavy atom. The van der Waals surface area contributed by atoms with Crippen molar-refractivity contribution in [1.29, 1.82) is 0 Å². The molecule has 23 heavy (non-hydrogen) atoms. The highest BCUT2D eigenvalue weighted by molar-refractivity contribution is 5.84. The van der Waals surface area contributed by atoms with Crippen molar-refractivity contribution in [2.45, 2.75) is 19.9 Å². The highest BCUT2D eigenvalue weighted by atomic mass is 19.1. The lowest BCUT2D eigenvalue weighted by Gasteiger charge is -2.14. The zero-order valence-electron chi connectivity index (χ0n) is 13.2. The molecule has 2 aromatic heterocycles. The van der Waals surface area contributed by atoms with Gasteiger partial charge in [-0.3, -0.25) is 9.36 Å². The van der Waals surface area contributed by atoms with E-state index in [1.807, 2.05) is 19.9 Å². The number of aromatic nitrogens is 3. The first-order valence-electron chi connectivity index (χ1n) is 7.27. The van der Waals surface area contributed by atoms with Gasteiger partial charge in [0.05, 0.1) is 17.1 Å². The predicted octanol–water partition coefficient (Wildman–Crippen LogP) is 2.46. The van der Waals surface area contributed by atoms with E-state index in [0.29, 0.717) is 22.4 Å². The van der Waals surface area contributed by atoms with Gasteiger partial charge in [0, 0.05) is 13.1 Å². The Morgan fingerprint density at radius 1 is 1.30 bits per heavy atom. The fourth-order valence-electron chi connectivity index (χ4n) is 2.64. The zero-order valence-corrected chi connectivity index (χ0v) is 13.2. The van der Waals surface area contributed by atoms with Crippen molar-refractivity contribution in [3.63, 3.8) is 0 Å². The van der Waals surface area contributed by atoms with E-state index in [1.54, 1.807) is 13.1 Å². The van der Waals surface area contributed by atoms with Crippen LogP contribution in [0, 0.1) is 12.7 Å². The van der Waals surface area contributed by atoms with Crippen LogP contribution in [-0.4, -0.2) is 14.5 Å². The highest BCUT2D eigenvalue weighted by Gasteiger charge is 2.16. The first kappa shape index (κ1) is 15.3. The first-order chi connectivity index (χ1) is 10.9. The van der Waals surface area contributed by atoms with Gasteiger partial charge in [-0.05, 0) is 43.2 Å². The van der Waals surface area contributed by atoms with Gasteiger partial charge in [0.15, 0.2) is 5.82 Å². The molecule has 0 amide bonds. The van der Waals surface area contributed by atoms with Crippen molar-refractivity contribution in [3.05, 3.63) is 57.8 Å². The van der Waals surface area contributed by atoms with E-state index < -0.39 is 5.82 Å². The Balaban J connectivity index is 2.39. The van der Waals surface area contributed by atoms with Crippen molar-refractivity contribution >= 4 is 10.9 Å². The van der Waals surface area contributed by atoms with Crippen LogP contribution in [0.3, 0.4) is 0 Å². The van der Waals surface area contributed by atoms with E-state index in [9.17, 15) is 9.18 Å². The van der Waals surface area contributed by atoms with Gasteiger partial charge in [-0.15, -0.1) is 0 Å². The molecule has 0 radical (unpaired) electrons. The molecule has 1 atom stereocenters. The number of fused-ring (bicyclic) bond motifs is 1. The Labute approximate surface area is 132 Å². The van der Waals surface area contributed by atoms with E-state index in [2.05, 4.69) is 9.97 Å². The standard InChI is InChI=1S/C17H17FN4O/c1-9-6-12(10(2)19)15-13(7-9)17(23)22(3)16(21-15)14-5-4-11(18)8-20-14/h4-8,10H,19H2,1-3H3. The van der Waals surface area contributed by atoms with Crippen LogP contribution < -0.4 is 11.3 Å². The third kappa shape index (κ3) is 2.61. The van der Waals surface area contributed by atoms with Crippen LogP contribution >= 0.6 is 0 Å². The number of pyridine rings is 1. The molecule has 0 bridgehead atoms. The molecule has 0 aliphatic rings. The number of nitrogens with zero attached hydrogens (tertiary/aromatic N) is 3. The van der Waals surface area contributed by atoms with Gasteiger partial charge in [-0.1, -0.05) is 6.07 Å². The maximum atomic E-state index is 13.1. The number of hydrogen-bond acceptors (Lipinski definition) is 4. The molecule has 2 N–H and O–H groups in total. The monoisotopic (exact) mass is 312 g/mol. The molecule has 1 aromatic carbocycles. The molecule has 5 nitrogen and oxygen atoms in total. The van der Waals surface area contributed by atoms with Crippen LogP contribution in [0.15, 0.2) is 35.3 Å². The molecule has 0 fully saturated rings. The summed E-state index contributed by atoms with van der Waals surface area (Å²) in [6.07, 6.45) is 1.10. The average Bonchev–Trinajstić information content (AvgIpc) is 2.51. The normalized spacial score (nSPS) is 12.6.